The van der Waals surface area contributed by atoms with E-state index in [0.29, 0.717) is 0 Å². The predicted octanol–water partition coefficient (Wildman–Crippen LogP) is 3.34. The third-order valence-electron chi connectivity index (χ3n) is 2.94. The first kappa shape index (κ1) is 10.7. The zero-order chi connectivity index (χ0) is 12.4. The normalized spacial score (nSPS) is 10.5. The number of rotatable bonds is 2. The molecule has 88 valence electrons. The number of para-hydroxylation sites is 1. The number of nitrogens with one attached hydrogen (secondary N) is 1. The summed E-state index contributed by atoms with van der Waals surface area (Å²) in [6.07, 6.45) is 3.70. The minimum Gasteiger partial charge on any atom is -0.373 e. The van der Waals surface area contributed by atoms with Gasteiger partial charge in [-0.05, 0) is 29.8 Å². The van der Waals surface area contributed by atoms with Crippen molar-refractivity contribution in [2.75, 3.05) is 12.4 Å². The second kappa shape index (κ2) is 4.45. The van der Waals surface area contributed by atoms with Crippen LogP contribution in [-0.4, -0.2) is 17.0 Å². The Morgan fingerprint density at radius 2 is 1.83 bits per heavy atom. The Hall–Kier alpha value is -2.42. The fourth-order valence-electron chi connectivity index (χ4n) is 1.98. The molecule has 0 aliphatic carbocycles. The summed E-state index contributed by atoms with van der Waals surface area (Å²) in [4.78, 5) is 8.69. The highest BCUT2D eigenvalue weighted by molar-refractivity contribution is 5.83. The standard InChI is InChI=1S/C15H13N3/c1-16-15-9-11(6-7-17-15)13-8-12-4-2-3-5-14(12)18-10-13/h2-10H,1H3,(H,16,17). The molecular formula is C15H13N3. The van der Waals surface area contributed by atoms with Gasteiger partial charge < -0.3 is 5.32 Å². The first-order valence-electron chi connectivity index (χ1n) is 5.86. The van der Waals surface area contributed by atoms with Crippen LogP contribution in [0.25, 0.3) is 22.0 Å². The average Bonchev–Trinajstić information content (AvgIpc) is 2.47. The van der Waals surface area contributed by atoms with Crippen molar-refractivity contribution in [3.05, 3.63) is 54.9 Å². The minimum absolute atomic E-state index is 0.862. The molecule has 3 rings (SSSR count). The van der Waals surface area contributed by atoms with E-state index in [9.17, 15) is 0 Å². The fraction of sp³-hybridized carbons (Fsp3) is 0.0667. The third kappa shape index (κ3) is 1.91. The number of hydrogen-bond acceptors (Lipinski definition) is 3. The second-order valence-electron chi connectivity index (χ2n) is 4.10. The molecule has 0 bridgehead atoms. The van der Waals surface area contributed by atoms with E-state index < -0.39 is 0 Å². The summed E-state index contributed by atoms with van der Waals surface area (Å²) < 4.78 is 0. The van der Waals surface area contributed by atoms with E-state index >= 15 is 0 Å². The topological polar surface area (TPSA) is 37.8 Å². The number of pyridine rings is 2. The highest BCUT2D eigenvalue weighted by Gasteiger charge is 2.01. The van der Waals surface area contributed by atoms with E-state index in [-0.39, 0.29) is 0 Å². The number of anilines is 1. The lowest BCUT2D eigenvalue weighted by Gasteiger charge is -2.05. The first-order valence-corrected chi connectivity index (χ1v) is 5.86. The van der Waals surface area contributed by atoms with Crippen LogP contribution < -0.4 is 5.32 Å². The quantitative estimate of drug-likeness (QED) is 0.740. The van der Waals surface area contributed by atoms with Crippen molar-refractivity contribution in [2.45, 2.75) is 0 Å². The molecule has 3 heteroatoms. The van der Waals surface area contributed by atoms with Gasteiger partial charge in [-0.15, -0.1) is 0 Å². The summed E-state index contributed by atoms with van der Waals surface area (Å²) in [5.41, 5.74) is 3.24. The smallest absolute Gasteiger partial charge is 0.126 e. The van der Waals surface area contributed by atoms with Gasteiger partial charge in [0, 0.05) is 30.4 Å². The van der Waals surface area contributed by atoms with Crippen LogP contribution >= 0.6 is 0 Å². The van der Waals surface area contributed by atoms with Gasteiger partial charge in [0.1, 0.15) is 5.82 Å². The van der Waals surface area contributed by atoms with Crippen LogP contribution in [0.3, 0.4) is 0 Å². The first-order chi connectivity index (χ1) is 8.86. The Bertz CT molecular complexity index is 692. The van der Waals surface area contributed by atoms with E-state index in [4.69, 9.17) is 0 Å². The fourth-order valence-corrected chi connectivity index (χ4v) is 1.98. The molecule has 0 aliphatic heterocycles. The molecule has 18 heavy (non-hydrogen) atoms. The molecule has 3 nitrogen and oxygen atoms in total. The summed E-state index contributed by atoms with van der Waals surface area (Å²) in [6, 6.07) is 14.3. The molecule has 0 atom stereocenters. The van der Waals surface area contributed by atoms with Gasteiger partial charge in [0.25, 0.3) is 0 Å². The monoisotopic (exact) mass is 235 g/mol. The SMILES string of the molecule is CNc1cc(-c2cnc3ccccc3c2)ccn1. The molecule has 1 aromatic carbocycles. The van der Waals surface area contributed by atoms with Crippen LogP contribution in [-0.2, 0) is 0 Å². The molecule has 0 saturated heterocycles. The Morgan fingerprint density at radius 3 is 2.72 bits per heavy atom. The van der Waals surface area contributed by atoms with Crippen LogP contribution in [0.2, 0.25) is 0 Å². The van der Waals surface area contributed by atoms with Crippen LogP contribution in [0.4, 0.5) is 5.82 Å². The van der Waals surface area contributed by atoms with E-state index in [0.717, 1.165) is 27.8 Å². The molecule has 1 N–H and O–H groups in total. The van der Waals surface area contributed by atoms with E-state index in [2.05, 4.69) is 27.4 Å². The minimum atomic E-state index is 0.862. The van der Waals surface area contributed by atoms with E-state index in [1.54, 1.807) is 6.20 Å². The average molecular weight is 235 g/mol. The van der Waals surface area contributed by atoms with Crippen molar-refractivity contribution in [1.29, 1.82) is 0 Å². The van der Waals surface area contributed by atoms with Crippen LogP contribution in [0, 0.1) is 0 Å². The van der Waals surface area contributed by atoms with Gasteiger partial charge in [0.05, 0.1) is 5.52 Å². The van der Waals surface area contributed by atoms with Gasteiger partial charge in [-0.1, -0.05) is 18.2 Å². The predicted molar refractivity (Wildman–Crippen MR) is 74.5 cm³/mol. The molecule has 0 amide bonds. The molecular weight excluding hydrogens is 222 g/mol. The highest BCUT2D eigenvalue weighted by atomic mass is 14.9. The summed E-state index contributed by atoms with van der Waals surface area (Å²) in [6.45, 7) is 0. The van der Waals surface area contributed by atoms with Crippen LogP contribution in [0.1, 0.15) is 0 Å². The number of nitrogens with zero attached hydrogens (tertiary/aromatic N) is 2. The second-order valence-corrected chi connectivity index (χ2v) is 4.10. The maximum absolute atomic E-state index is 4.47. The maximum Gasteiger partial charge on any atom is 0.126 e. The maximum atomic E-state index is 4.47. The van der Waals surface area contributed by atoms with Gasteiger partial charge in [-0.25, -0.2) is 4.98 Å². The van der Waals surface area contributed by atoms with Crippen molar-refractivity contribution in [2.24, 2.45) is 0 Å². The van der Waals surface area contributed by atoms with E-state index in [1.165, 1.54) is 0 Å². The van der Waals surface area contributed by atoms with Gasteiger partial charge in [0.15, 0.2) is 0 Å². The highest BCUT2D eigenvalue weighted by Crippen LogP contribution is 2.23. The summed E-state index contributed by atoms with van der Waals surface area (Å²) in [5.74, 6) is 0.862. The molecule has 0 fully saturated rings. The molecule has 0 saturated carbocycles. The lowest BCUT2D eigenvalue weighted by molar-refractivity contribution is 1.28. The molecule has 2 aromatic heterocycles. The van der Waals surface area contributed by atoms with Crippen LogP contribution in [0.15, 0.2) is 54.9 Å². The number of benzene rings is 1. The number of fused-ring (bicyclic) bond motifs is 1. The Kier molecular flexibility index (Phi) is 2.65. The summed E-state index contributed by atoms with van der Waals surface area (Å²) in [7, 11) is 1.87. The number of aromatic nitrogens is 2. The van der Waals surface area contributed by atoms with Gasteiger partial charge >= 0.3 is 0 Å². The Labute approximate surface area is 106 Å². The molecule has 0 aliphatic rings. The summed E-state index contributed by atoms with van der Waals surface area (Å²) >= 11 is 0. The number of hydrogen-bond donors (Lipinski definition) is 1. The zero-order valence-corrected chi connectivity index (χ0v) is 10.1. The molecule has 3 aromatic rings. The van der Waals surface area contributed by atoms with Gasteiger partial charge in [-0.2, -0.15) is 0 Å². The van der Waals surface area contributed by atoms with Crippen molar-refractivity contribution in [1.82, 2.24) is 9.97 Å². The Balaban J connectivity index is 2.13. The lowest BCUT2D eigenvalue weighted by Crippen LogP contribution is -1.92. The zero-order valence-electron chi connectivity index (χ0n) is 10.1. The lowest BCUT2D eigenvalue weighted by atomic mass is 10.1. The molecule has 0 radical (unpaired) electrons. The largest absolute Gasteiger partial charge is 0.373 e. The van der Waals surface area contributed by atoms with Crippen molar-refractivity contribution < 1.29 is 0 Å². The molecule has 2 heterocycles. The van der Waals surface area contributed by atoms with Crippen molar-refractivity contribution >= 4 is 16.7 Å². The van der Waals surface area contributed by atoms with Gasteiger partial charge in [0.2, 0.25) is 0 Å². The van der Waals surface area contributed by atoms with Crippen molar-refractivity contribution in [3.8, 4) is 11.1 Å². The third-order valence-corrected chi connectivity index (χ3v) is 2.94. The summed E-state index contributed by atoms with van der Waals surface area (Å²) in [5, 5.41) is 4.19. The molecule has 0 spiro atoms. The van der Waals surface area contributed by atoms with Crippen LogP contribution in [0.5, 0.6) is 0 Å². The molecule has 0 unspecified atom stereocenters. The van der Waals surface area contributed by atoms with Gasteiger partial charge in [-0.3, -0.25) is 4.98 Å². The Morgan fingerprint density at radius 1 is 0.944 bits per heavy atom. The van der Waals surface area contributed by atoms with Crippen molar-refractivity contribution in [3.63, 3.8) is 0 Å². The van der Waals surface area contributed by atoms with E-state index in [1.807, 2.05) is 43.6 Å².